The number of pyridine rings is 1. The number of aryl methyl sites for hydroxylation is 1. The van der Waals surface area contributed by atoms with Gasteiger partial charge in [-0.15, -0.1) is 0 Å². The van der Waals surface area contributed by atoms with E-state index in [1.54, 1.807) is 6.20 Å². The molecule has 0 unspecified atom stereocenters. The molecule has 0 radical (unpaired) electrons. The highest BCUT2D eigenvalue weighted by molar-refractivity contribution is 7.80. The first-order valence-corrected chi connectivity index (χ1v) is 6.67. The van der Waals surface area contributed by atoms with Crippen molar-refractivity contribution in [1.29, 1.82) is 0 Å². The summed E-state index contributed by atoms with van der Waals surface area (Å²) in [5.41, 5.74) is 8.99. The van der Waals surface area contributed by atoms with Crippen LogP contribution in [0, 0.1) is 0 Å². The summed E-state index contributed by atoms with van der Waals surface area (Å²) in [7, 11) is 0. The minimum atomic E-state index is 0.387. The number of thiocarbonyl (C=S) groups is 1. The van der Waals surface area contributed by atoms with Crippen LogP contribution in [0.1, 0.15) is 23.6 Å². The average Bonchev–Trinajstić information content (AvgIpc) is 2.46. The Hall–Kier alpha value is -1.94. The first-order chi connectivity index (χ1) is 9.19. The van der Waals surface area contributed by atoms with Gasteiger partial charge in [0.1, 0.15) is 10.8 Å². The smallest absolute Gasteiger partial charge is 0.126 e. The predicted molar refractivity (Wildman–Crippen MR) is 83.3 cm³/mol. The van der Waals surface area contributed by atoms with Crippen LogP contribution in [0.5, 0.6) is 0 Å². The number of nitrogens with one attached hydrogen (secondary N) is 1. The lowest BCUT2D eigenvalue weighted by atomic mass is 10.1. The summed E-state index contributed by atoms with van der Waals surface area (Å²) in [6, 6.07) is 12.2. The summed E-state index contributed by atoms with van der Waals surface area (Å²) in [6.07, 6.45) is 2.77. The van der Waals surface area contributed by atoms with Gasteiger partial charge in [0, 0.05) is 18.3 Å². The first kappa shape index (κ1) is 13.5. The molecule has 0 bridgehead atoms. The largest absolute Gasteiger partial charge is 0.389 e. The highest BCUT2D eigenvalue weighted by Gasteiger charge is 2.00. The molecular weight excluding hydrogens is 254 g/mol. The van der Waals surface area contributed by atoms with Crippen LogP contribution in [0.2, 0.25) is 0 Å². The minimum Gasteiger partial charge on any atom is -0.389 e. The lowest BCUT2D eigenvalue weighted by Crippen LogP contribution is -2.10. The molecule has 1 aromatic heterocycles. The number of aromatic nitrogens is 1. The van der Waals surface area contributed by atoms with Crippen LogP contribution < -0.4 is 11.1 Å². The van der Waals surface area contributed by atoms with Gasteiger partial charge in [-0.2, -0.15) is 0 Å². The molecule has 0 fully saturated rings. The molecule has 0 aliphatic carbocycles. The summed E-state index contributed by atoms with van der Waals surface area (Å²) in [4.78, 5) is 4.63. The summed E-state index contributed by atoms with van der Waals surface area (Å²) < 4.78 is 0. The van der Waals surface area contributed by atoms with Crippen LogP contribution in [0.25, 0.3) is 0 Å². The van der Waals surface area contributed by atoms with Gasteiger partial charge in [-0.25, -0.2) is 4.98 Å². The van der Waals surface area contributed by atoms with Gasteiger partial charge in [0.15, 0.2) is 0 Å². The van der Waals surface area contributed by atoms with Crippen LogP contribution in [0.15, 0.2) is 42.6 Å². The first-order valence-electron chi connectivity index (χ1n) is 6.26. The van der Waals surface area contributed by atoms with E-state index in [0.717, 1.165) is 24.3 Å². The third kappa shape index (κ3) is 3.76. The molecule has 0 spiro atoms. The molecule has 2 rings (SSSR count). The number of rotatable bonds is 5. The van der Waals surface area contributed by atoms with Crippen LogP contribution >= 0.6 is 12.2 Å². The molecule has 0 saturated heterocycles. The molecular formula is C15H17N3S. The second kappa shape index (κ2) is 6.29. The minimum absolute atomic E-state index is 0.387. The maximum atomic E-state index is 5.60. The van der Waals surface area contributed by atoms with E-state index in [-0.39, 0.29) is 0 Å². The van der Waals surface area contributed by atoms with E-state index in [1.165, 1.54) is 11.1 Å². The van der Waals surface area contributed by atoms with Gasteiger partial charge >= 0.3 is 0 Å². The Morgan fingerprint density at radius 3 is 2.53 bits per heavy atom. The molecule has 4 heteroatoms. The Bertz CT molecular complexity index is 564. The molecule has 2 aromatic rings. The molecule has 0 saturated carbocycles. The molecule has 19 heavy (non-hydrogen) atoms. The Labute approximate surface area is 118 Å². The zero-order valence-electron chi connectivity index (χ0n) is 10.9. The standard InChI is InChI=1S/C15H17N3S/c1-2-11-3-5-12(6-4-11)10-18-14-9-13(15(16)19)7-8-17-14/h3-9H,2,10H2,1H3,(H2,16,19)(H,17,18). The molecule has 3 N–H and O–H groups in total. The predicted octanol–water partition coefficient (Wildman–Crippen LogP) is 2.89. The monoisotopic (exact) mass is 271 g/mol. The molecule has 1 aromatic carbocycles. The normalized spacial score (nSPS) is 10.2. The van der Waals surface area contributed by atoms with Gasteiger partial charge in [-0.05, 0) is 29.7 Å². The van der Waals surface area contributed by atoms with Crippen molar-refractivity contribution >= 4 is 23.0 Å². The van der Waals surface area contributed by atoms with Gasteiger partial charge < -0.3 is 11.1 Å². The van der Waals surface area contributed by atoms with E-state index in [9.17, 15) is 0 Å². The van der Waals surface area contributed by atoms with Gasteiger partial charge in [0.05, 0.1) is 0 Å². The van der Waals surface area contributed by atoms with Crippen molar-refractivity contribution in [3.05, 3.63) is 59.3 Å². The third-order valence-corrected chi connectivity index (χ3v) is 3.19. The molecule has 1 heterocycles. The van der Waals surface area contributed by atoms with Crippen LogP contribution in [0.3, 0.4) is 0 Å². The third-order valence-electron chi connectivity index (χ3n) is 2.95. The Balaban J connectivity index is 2.01. The van der Waals surface area contributed by atoms with Crippen molar-refractivity contribution < 1.29 is 0 Å². The Morgan fingerprint density at radius 1 is 1.21 bits per heavy atom. The van der Waals surface area contributed by atoms with Crippen LogP contribution in [0.4, 0.5) is 5.82 Å². The molecule has 0 aliphatic heterocycles. The Kier molecular flexibility index (Phi) is 4.47. The van der Waals surface area contributed by atoms with Crippen molar-refractivity contribution in [3.8, 4) is 0 Å². The summed E-state index contributed by atoms with van der Waals surface area (Å²) in [5, 5.41) is 3.27. The quantitative estimate of drug-likeness (QED) is 0.821. The molecule has 3 nitrogen and oxygen atoms in total. The molecule has 0 aliphatic rings. The maximum Gasteiger partial charge on any atom is 0.126 e. The molecule has 0 amide bonds. The van der Waals surface area contributed by atoms with Crippen molar-refractivity contribution in [2.45, 2.75) is 19.9 Å². The van der Waals surface area contributed by atoms with E-state index >= 15 is 0 Å². The van der Waals surface area contributed by atoms with Crippen molar-refractivity contribution in [2.75, 3.05) is 5.32 Å². The number of nitrogens with two attached hydrogens (primary N) is 1. The van der Waals surface area contributed by atoms with E-state index < -0.39 is 0 Å². The average molecular weight is 271 g/mol. The molecule has 0 atom stereocenters. The van der Waals surface area contributed by atoms with E-state index in [1.807, 2.05) is 12.1 Å². The fourth-order valence-electron chi connectivity index (χ4n) is 1.77. The highest BCUT2D eigenvalue weighted by atomic mass is 32.1. The summed E-state index contributed by atoms with van der Waals surface area (Å²) in [6.45, 7) is 2.89. The summed E-state index contributed by atoms with van der Waals surface area (Å²) >= 11 is 4.95. The van der Waals surface area contributed by atoms with Crippen molar-refractivity contribution in [1.82, 2.24) is 4.98 Å². The fourth-order valence-corrected chi connectivity index (χ4v) is 1.89. The fraction of sp³-hybridized carbons (Fsp3) is 0.200. The number of hydrogen-bond donors (Lipinski definition) is 2. The lowest BCUT2D eigenvalue weighted by molar-refractivity contribution is 1.09. The second-order valence-electron chi connectivity index (χ2n) is 4.32. The van der Waals surface area contributed by atoms with Gasteiger partial charge in [0.2, 0.25) is 0 Å². The second-order valence-corrected chi connectivity index (χ2v) is 4.76. The lowest BCUT2D eigenvalue weighted by Gasteiger charge is -2.07. The van der Waals surface area contributed by atoms with Crippen LogP contribution in [-0.4, -0.2) is 9.97 Å². The van der Waals surface area contributed by atoms with Gasteiger partial charge in [-0.1, -0.05) is 43.4 Å². The van der Waals surface area contributed by atoms with Gasteiger partial charge in [-0.3, -0.25) is 0 Å². The summed E-state index contributed by atoms with van der Waals surface area (Å²) in [5.74, 6) is 0.782. The topological polar surface area (TPSA) is 50.9 Å². The number of nitrogens with zero attached hydrogens (tertiary/aromatic N) is 1. The number of hydrogen-bond acceptors (Lipinski definition) is 3. The van der Waals surface area contributed by atoms with Crippen molar-refractivity contribution in [3.63, 3.8) is 0 Å². The SMILES string of the molecule is CCc1ccc(CNc2cc(C(N)=S)ccn2)cc1. The maximum absolute atomic E-state index is 5.60. The number of benzene rings is 1. The van der Waals surface area contributed by atoms with Gasteiger partial charge in [0.25, 0.3) is 0 Å². The zero-order chi connectivity index (χ0) is 13.7. The highest BCUT2D eigenvalue weighted by Crippen LogP contribution is 2.10. The Morgan fingerprint density at radius 2 is 1.89 bits per heavy atom. The van der Waals surface area contributed by atoms with E-state index in [2.05, 4.69) is 41.5 Å². The van der Waals surface area contributed by atoms with Crippen LogP contribution in [-0.2, 0) is 13.0 Å². The van der Waals surface area contributed by atoms with Crippen molar-refractivity contribution in [2.24, 2.45) is 5.73 Å². The molecule has 98 valence electrons. The zero-order valence-corrected chi connectivity index (χ0v) is 11.7. The van der Waals surface area contributed by atoms with E-state index in [4.69, 9.17) is 18.0 Å². The van der Waals surface area contributed by atoms with E-state index in [0.29, 0.717) is 4.99 Å². The number of anilines is 1.